The molecule has 2 heterocycles. The zero-order chi connectivity index (χ0) is 19.3. The van der Waals surface area contributed by atoms with E-state index < -0.39 is 7.60 Å². The molecule has 1 aromatic heterocycles. The minimum atomic E-state index is -3.13. The van der Waals surface area contributed by atoms with Crippen molar-refractivity contribution in [2.75, 3.05) is 23.8 Å². The van der Waals surface area contributed by atoms with E-state index in [1.165, 1.54) is 0 Å². The van der Waals surface area contributed by atoms with Gasteiger partial charge in [-0.25, -0.2) is 4.98 Å². The van der Waals surface area contributed by atoms with Crippen molar-refractivity contribution in [3.05, 3.63) is 59.9 Å². The number of hydrogen-bond acceptors (Lipinski definition) is 6. The maximum Gasteiger partial charge on any atom is 0.335 e. The predicted octanol–water partition coefficient (Wildman–Crippen LogP) is 4.25. The maximum absolute atomic E-state index is 12.6. The van der Waals surface area contributed by atoms with Crippen LogP contribution in [-0.4, -0.2) is 24.1 Å². The molecule has 1 aromatic carbocycles. The molecule has 1 amide bonds. The zero-order valence-corrected chi connectivity index (χ0v) is 16.2. The molecule has 0 bridgehead atoms. The van der Waals surface area contributed by atoms with Crippen molar-refractivity contribution in [1.29, 1.82) is 0 Å². The van der Waals surface area contributed by atoms with Crippen LogP contribution in [0.25, 0.3) is 5.57 Å². The van der Waals surface area contributed by atoms with Crippen molar-refractivity contribution >= 4 is 30.6 Å². The summed E-state index contributed by atoms with van der Waals surface area (Å²) in [6.07, 6.45) is 3.51. The number of carbonyl (C=O) groups is 1. The number of rotatable bonds is 8. The van der Waals surface area contributed by atoms with Gasteiger partial charge in [0.1, 0.15) is 5.82 Å². The first-order valence-electron chi connectivity index (χ1n) is 8.75. The van der Waals surface area contributed by atoms with Crippen LogP contribution < -0.4 is 10.6 Å². The van der Waals surface area contributed by atoms with Gasteiger partial charge in [-0.05, 0) is 43.7 Å². The Bertz CT molecular complexity index is 886. The van der Waals surface area contributed by atoms with Crippen molar-refractivity contribution < 1.29 is 18.4 Å². The molecule has 142 valence electrons. The molecule has 0 saturated carbocycles. The van der Waals surface area contributed by atoms with E-state index >= 15 is 0 Å². The normalized spacial score (nSPS) is 14.9. The number of carbonyl (C=O) groups excluding carboxylic acids is 1. The molecule has 1 aliphatic rings. The lowest BCUT2D eigenvalue weighted by Gasteiger charge is -2.17. The molecule has 27 heavy (non-hydrogen) atoms. The van der Waals surface area contributed by atoms with Gasteiger partial charge < -0.3 is 19.7 Å². The summed E-state index contributed by atoms with van der Waals surface area (Å²) in [6.45, 7) is 4.25. The lowest BCUT2D eigenvalue weighted by molar-refractivity contribution is -0.110. The molecule has 0 aliphatic carbocycles. The summed E-state index contributed by atoms with van der Waals surface area (Å²) < 4.78 is 23.2. The topological polar surface area (TPSA) is 89.5 Å². The Morgan fingerprint density at radius 3 is 2.52 bits per heavy atom. The number of nitrogens with zero attached hydrogens (tertiary/aromatic N) is 1. The Morgan fingerprint density at radius 1 is 1.15 bits per heavy atom. The lowest BCUT2D eigenvalue weighted by atomic mass is 10.1. The third kappa shape index (κ3) is 4.63. The Labute approximate surface area is 158 Å². The van der Waals surface area contributed by atoms with Gasteiger partial charge in [0.05, 0.1) is 24.9 Å². The number of aromatic nitrogens is 1. The van der Waals surface area contributed by atoms with Crippen LogP contribution in [0.1, 0.15) is 25.0 Å². The minimum absolute atomic E-state index is 0.192. The SMILES string of the molecule is CCOP(=O)(Cc1ccc(NC=C2C(=O)Nc3ncccc32)cc1)OCC. The highest BCUT2D eigenvalue weighted by Gasteiger charge is 2.25. The number of pyridine rings is 1. The fourth-order valence-corrected chi connectivity index (χ4v) is 4.47. The quantitative estimate of drug-likeness (QED) is 0.520. The average Bonchev–Trinajstić information content (AvgIpc) is 2.96. The van der Waals surface area contributed by atoms with Crippen LogP contribution in [0.15, 0.2) is 48.8 Å². The molecule has 8 heteroatoms. The first-order chi connectivity index (χ1) is 13.0. The summed E-state index contributed by atoms with van der Waals surface area (Å²) in [4.78, 5) is 16.2. The molecule has 0 saturated heterocycles. The molecule has 0 fully saturated rings. The molecule has 1 aliphatic heterocycles. The van der Waals surface area contributed by atoms with Gasteiger partial charge in [0.25, 0.3) is 5.91 Å². The van der Waals surface area contributed by atoms with Gasteiger partial charge in [0, 0.05) is 23.6 Å². The lowest BCUT2D eigenvalue weighted by Crippen LogP contribution is -2.05. The predicted molar refractivity (Wildman–Crippen MR) is 105 cm³/mol. The van der Waals surface area contributed by atoms with E-state index in [2.05, 4.69) is 15.6 Å². The summed E-state index contributed by atoms with van der Waals surface area (Å²) in [6, 6.07) is 11.1. The van der Waals surface area contributed by atoms with Crippen LogP contribution in [-0.2, 0) is 24.6 Å². The molecule has 0 radical (unpaired) electrons. The summed E-state index contributed by atoms with van der Waals surface area (Å²) in [5.74, 6) is 0.371. The molecule has 3 rings (SSSR count). The smallest absolute Gasteiger partial charge is 0.335 e. The highest BCUT2D eigenvalue weighted by Crippen LogP contribution is 2.51. The fraction of sp³-hybridized carbons (Fsp3) is 0.263. The van der Waals surface area contributed by atoms with Crippen LogP contribution >= 0.6 is 7.60 Å². The Morgan fingerprint density at radius 2 is 1.85 bits per heavy atom. The molecule has 2 aromatic rings. The molecule has 2 N–H and O–H groups in total. The number of nitrogens with one attached hydrogen (secondary N) is 2. The summed E-state index contributed by atoms with van der Waals surface area (Å²) in [5.41, 5.74) is 2.95. The van der Waals surface area contributed by atoms with Crippen molar-refractivity contribution in [3.8, 4) is 0 Å². The molecule has 0 atom stereocenters. The number of benzene rings is 1. The van der Waals surface area contributed by atoms with Crippen molar-refractivity contribution in [2.45, 2.75) is 20.0 Å². The van der Waals surface area contributed by atoms with Gasteiger partial charge in [-0.1, -0.05) is 12.1 Å². The summed E-state index contributed by atoms with van der Waals surface area (Å²) >= 11 is 0. The van der Waals surface area contributed by atoms with E-state index in [9.17, 15) is 9.36 Å². The maximum atomic E-state index is 12.6. The van der Waals surface area contributed by atoms with Gasteiger partial charge in [0.2, 0.25) is 0 Å². The van der Waals surface area contributed by atoms with E-state index in [1.807, 2.05) is 30.3 Å². The highest BCUT2D eigenvalue weighted by molar-refractivity contribution is 7.53. The molecular formula is C19H22N3O4P. The minimum Gasteiger partial charge on any atom is -0.361 e. The third-order valence-electron chi connectivity index (χ3n) is 3.94. The third-order valence-corrected chi connectivity index (χ3v) is 5.99. The van der Waals surface area contributed by atoms with Gasteiger partial charge in [-0.3, -0.25) is 9.36 Å². The van der Waals surface area contributed by atoms with Gasteiger partial charge in [-0.15, -0.1) is 0 Å². The number of fused-ring (bicyclic) bond motifs is 1. The summed E-state index contributed by atoms with van der Waals surface area (Å²) in [7, 11) is -3.13. The number of amides is 1. The average molecular weight is 387 g/mol. The number of anilines is 2. The van der Waals surface area contributed by atoms with E-state index in [-0.39, 0.29) is 12.1 Å². The van der Waals surface area contributed by atoms with E-state index in [0.717, 1.165) is 16.8 Å². The van der Waals surface area contributed by atoms with Crippen molar-refractivity contribution in [3.63, 3.8) is 0 Å². The fourth-order valence-electron chi connectivity index (χ4n) is 2.77. The molecule has 0 unspecified atom stereocenters. The monoisotopic (exact) mass is 387 g/mol. The Hall–Kier alpha value is -2.47. The van der Waals surface area contributed by atoms with E-state index in [4.69, 9.17) is 9.05 Å². The summed E-state index contributed by atoms with van der Waals surface area (Å²) in [5, 5.41) is 5.84. The van der Waals surface area contributed by atoms with Gasteiger partial charge in [-0.2, -0.15) is 0 Å². The van der Waals surface area contributed by atoms with Crippen LogP contribution in [0.4, 0.5) is 11.5 Å². The molecule has 7 nitrogen and oxygen atoms in total. The second-order valence-corrected chi connectivity index (χ2v) is 7.91. The molecule has 0 spiro atoms. The standard InChI is InChI=1S/C19H22N3O4P/c1-3-25-27(24,26-4-2)13-14-7-9-15(10-8-14)21-12-17-16-6-5-11-20-18(16)22-19(17)23/h5-12,21H,3-4,13H2,1-2H3,(H,20,22,23). The second-order valence-electron chi connectivity index (χ2n) is 5.86. The van der Waals surface area contributed by atoms with Crippen molar-refractivity contribution in [1.82, 2.24) is 4.98 Å². The first-order valence-corrected chi connectivity index (χ1v) is 10.5. The van der Waals surface area contributed by atoms with Gasteiger partial charge >= 0.3 is 7.60 Å². The highest BCUT2D eigenvalue weighted by atomic mass is 31.2. The molecular weight excluding hydrogens is 365 g/mol. The Kier molecular flexibility index (Phi) is 6.06. The number of hydrogen-bond donors (Lipinski definition) is 2. The first kappa shape index (κ1) is 19.3. The van der Waals surface area contributed by atoms with Gasteiger partial charge in [0.15, 0.2) is 0 Å². The zero-order valence-electron chi connectivity index (χ0n) is 15.3. The second kappa shape index (κ2) is 8.48. The van der Waals surface area contributed by atoms with E-state index in [1.54, 1.807) is 32.3 Å². The van der Waals surface area contributed by atoms with E-state index in [0.29, 0.717) is 24.6 Å². The van der Waals surface area contributed by atoms with Crippen LogP contribution in [0.3, 0.4) is 0 Å². The van der Waals surface area contributed by atoms with Crippen LogP contribution in [0.2, 0.25) is 0 Å². The van der Waals surface area contributed by atoms with Crippen molar-refractivity contribution in [2.24, 2.45) is 0 Å². The van der Waals surface area contributed by atoms with Crippen LogP contribution in [0, 0.1) is 0 Å². The van der Waals surface area contributed by atoms with Crippen LogP contribution in [0.5, 0.6) is 0 Å². The largest absolute Gasteiger partial charge is 0.361 e. The Balaban J connectivity index is 1.70.